The Morgan fingerprint density at radius 3 is 2.32 bits per heavy atom. The molecule has 0 aromatic heterocycles. The van der Waals surface area contributed by atoms with E-state index in [9.17, 15) is 9.90 Å². The Morgan fingerprint density at radius 1 is 0.912 bits per heavy atom. The molecule has 1 aliphatic rings. The summed E-state index contributed by atoms with van der Waals surface area (Å²) in [5.74, 6) is -0.222. The van der Waals surface area contributed by atoms with E-state index in [1.54, 1.807) is 42.5 Å². The molecule has 4 rings (SSSR count). The van der Waals surface area contributed by atoms with Crippen molar-refractivity contribution in [2.45, 2.75) is 0 Å². The molecule has 0 atom stereocenters. The average Bonchev–Trinajstić information content (AvgIpc) is 2.87. The second-order valence-electron chi connectivity index (χ2n) is 7.74. The quantitative estimate of drug-likeness (QED) is 0.238. The lowest BCUT2D eigenvalue weighted by Gasteiger charge is -2.35. The van der Waals surface area contributed by atoms with Crippen molar-refractivity contribution in [1.82, 2.24) is 10.3 Å². The van der Waals surface area contributed by atoms with Gasteiger partial charge in [0.05, 0.1) is 17.1 Å². The highest BCUT2D eigenvalue weighted by atomic mass is 35.5. The van der Waals surface area contributed by atoms with Crippen molar-refractivity contribution >= 4 is 34.7 Å². The SMILES string of the molecule is O=C(CN1CCN(c2ccccc2)CC1)NN=C(N=Nc1ccccc1Cl)c1ccccc1O. The van der Waals surface area contributed by atoms with Crippen LogP contribution in [0.3, 0.4) is 0 Å². The summed E-state index contributed by atoms with van der Waals surface area (Å²) in [5.41, 5.74) is 4.53. The lowest BCUT2D eigenvalue weighted by atomic mass is 10.2. The van der Waals surface area contributed by atoms with Crippen LogP contribution in [0.2, 0.25) is 5.02 Å². The number of hydrogen-bond donors (Lipinski definition) is 2. The summed E-state index contributed by atoms with van der Waals surface area (Å²) in [6.45, 7) is 3.43. The summed E-state index contributed by atoms with van der Waals surface area (Å²) >= 11 is 6.15. The summed E-state index contributed by atoms with van der Waals surface area (Å²) in [5, 5.41) is 23.1. The normalized spacial score (nSPS) is 15.0. The first-order chi connectivity index (χ1) is 16.6. The molecular formula is C25H25ClN6O2. The van der Waals surface area contributed by atoms with Gasteiger partial charge in [-0.05, 0) is 36.4 Å². The van der Waals surface area contributed by atoms with Crippen molar-refractivity contribution in [3.63, 3.8) is 0 Å². The molecule has 2 N–H and O–H groups in total. The van der Waals surface area contributed by atoms with Crippen LogP contribution in [-0.2, 0) is 4.79 Å². The molecule has 174 valence electrons. The third-order valence-corrected chi connectivity index (χ3v) is 5.72. The molecule has 0 bridgehead atoms. The van der Waals surface area contributed by atoms with Crippen LogP contribution in [0.5, 0.6) is 5.75 Å². The van der Waals surface area contributed by atoms with Gasteiger partial charge in [-0.25, -0.2) is 5.43 Å². The number of benzene rings is 3. The zero-order chi connectivity index (χ0) is 23.8. The number of carbonyl (C=O) groups is 1. The molecule has 0 saturated carbocycles. The lowest BCUT2D eigenvalue weighted by Crippen LogP contribution is -2.49. The second kappa shape index (κ2) is 11.4. The Labute approximate surface area is 203 Å². The van der Waals surface area contributed by atoms with Crippen molar-refractivity contribution < 1.29 is 9.90 Å². The molecule has 0 spiro atoms. The van der Waals surface area contributed by atoms with Gasteiger partial charge in [0.2, 0.25) is 5.84 Å². The molecule has 0 unspecified atom stereocenters. The van der Waals surface area contributed by atoms with Crippen LogP contribution in [0, 0.1) is 0 Å². The van der Waals surface area contributed by atoms with Crippen molar-refractivity contribution in [2.75, 3.05) is 37.6 Å². The molecule has 8 nitrogen and oxygen atoms in total. The van der Waals surface area contributed by atoms with Gasteiger partial charge in [0, 0.05) is 31.9 Å². The van der Waals surface area contributed by atoms with Gasteiger partial charge in [-0.2, -0.15) is 5.10 Å². The van der Waals surface area contributed by atoms with Crippen LogP contribution in [0.25, 0.3) is 0 Å². The third kappa shape index (κ3) is 6.18. The Morgan fingerprint density at radius 2 is 1.59 bits per heavy atom. The van der Waals surface area contributed by atoms with Crippen LogP contribution in [-0.4, -0.2) is 54.5 Å². The number of halogens is 1. The lowest BCUT2D eigenvalue weighted by molar-refractivity contribution is -0.122. The molecule has 0 aliphatic carbocycles. The number of phenols is 1. The summed E-state index contributed by atoms with van der Waals surface area (Å²) in [6.07, 6.45) is 0. The van der Waals surface area contributed by atoms with Gasteiger partial charge in [-0.15, -0.1) is 10.2 Å². The fourth-order valence-corrected chi connectivity index (χ4v) is 3.76. The number of amidine groups is 1. The minimum Gasteiger partial charge on any atom is -0.507 e. The molecule has 1 amide bonds. The van der Waals surface area contributed by atoms with Crippen LogP contribution < -0.4 is 10.3 Å². The molecule has 1 aliphatic heterocycles. The number of nitrogens with zero attached hydrogens (tertiary/aromatic N) is 5. The van der Waals surface area contributed by atoms with E-state index in [1.165, 1.54) is 11.8 Å². The van der Waals surface area contributed by atoms with E-state index in [1.807, 2.05) is 18.2 Å². The number of amides is 1. The summed E-state index contributed by atoms with van der Waals surface area (Å²) in [6, 6.07) is 23.8. The van der Waals surface area contributed by atoms with E-state index < -0.39 is 0 Å². The third-order valence-electron chi connectivity index (χ3n) is 5.40. The van der Waals surface area contributed by atoms with Gasteiger partial charge < -0.3 is 10.0 Å². The maximum Gasteiger partial charge on any atom is 0.254 e. The smallest absolute Gasteiger partial charge is 0.254 e. The maximum atomic E-state index is 12.6. The first kappa shape index (κ1) is 23.4. The number of azo groups is 1. The number of para-hydroxylation sites is 2. The Hall–Kier alpha value is -3.75. The van der Waals surface area contributed by atoms with Crippen LogP contribution >= 0.6 is 11.6 Å². The number of hydrazone groups is 1. The van der Waals surface area contributed by atoms with Crippen LogP contribution in [0.15, 0.2) is 94.2 Å². The predicted molar refractivity (Wildman–Crippen MR) is 134 cm³/mol. The van der Waals surface area contributed by atoms with Gasteiger partial charge in [-0.3, -0.25) is 9.69 Å². The molecule has 34 heavy (non-hydrogen) atoms. The van der Waals surface area contributed by atoms with Gasteiger partial charge >= 0.3 is 0 Å². The van der Waals surface area contributed by atoms with Gasteiger partial charge in [0.15, 0.2) is 0 Å². The highest BCUT2D eigenvalue weighted by Crippen LogP contribution is 2.25. The highest BCUT2D eigenvalue weighted by Gasteiger charge is 2.19. The first-order valence-corrected chi connectivity index (χ1v) is 11.3. The zero-order valence-electron chi connectivity index (χ0n) is 18.5. The van der Waals surface area contributed by atoms with Gasteiger partial charge in [0.25, 0.3) is 5.91 Å². The first-order valence-electron chi connectivity index (χ1n) is 10.9. The molecule has 1 heterocycles. The molecule has 3 aromatic carbocycles. The van der Waals surface area contributed by atoms with Crippen LogP contribution in [0.1, 0.15) is 5.56 Å². The second-order valence-corrected chi connectivity index (χ2v) is 8.14. The van der Waals surface area contributed by atoms with E-state index in [2.05, 4.69) is 42.7 Å². The van der Waals surface area contributed by atoms with Crippen LogP contribution in [0.4, 0.5) is 11.4 Å². The average molecular weight is 477 g/mol. The van der Waals surface area contributed by atoms with Crippen molar-refractivity contribution in [3.8, 4) is 5.75 Å². The highest BCUT2D eigenvalue weighted by molar-refractivity contribution is 6.32. The number of carbonyl (C=O) groups excluding carboxylic acids is 1. The fourth-order valence-electron chi connectivity index (χ4n) is 3.59. The summed E-state index contributed by atoms with van der Waals surface area (Å²) in [4.78, 5) is 17.0. The Bertz CT molecular complexity index is 1180. The molecule has 1 saturated heterocycles. The standard InChI is InChI=1S/C25H25ClN6O2/c26-21-11-5-6-12-22(21)27-29-25(20-10-4-7-13-23(20)33)30-28-24(34)18-31-14-16-32(17-15-31)19-8-2-1-3-9-19/h1-13,33H,14-18H2,(H,28,34). The minimum absolute atomic E-state index is 0.0226. The monoisotopic (exact) mass is 476 g/mol. The zero-order valence-corrected chi connectivity index (χ0v) is 19.3. The van der Waals surface area contributed by atoms with E-state index >= 15 is 0 Å². The Kier molecular flexibility index (Phi) is 7.85. The number of anilines is 1. The number of hydrogen-bond acceptors (Lipinski definition) is 6. The number of piperazine rings is 1. The molecule has 1 fully saturated rings. The van der Waals surface area contributed by atoms with Crippen molar-refractivity contribution in [1.29, 1.82) is 0 Å². The van der Waals surface area contributed by atoms with E-state index in [-0.39, 0.29) is 24.0 Å². The Balaban J connectivity index is 1.40. The van der Waals surface area contributed by atoms with E-state index in [0.29, 0.717) is 16.3 Å². The maximum absolute atomic E-state index is 12.6. The molecule has 0 radical (unpaired) electrons. The number of aromatic hydroxyl groups is 1. The topological polar surface area (TPSA) is 92.9 Å². The predicted octanol–water partition coefficient (Wildman–Crippen LogP) is 4.43. The number of nitrogens with one attached hydrogen (secondary N) is 1. The summed E-state index contributed by atoms with van der Waals surface area (Å²) in [7, 11) is 0. The number of rotatable bonds is 6. The number of phenolic OH excluding ortho intramolecular Hbond substituents is 1. The van der Waals surface area contributed by atoms with E-state index in [4.69, 9.17) is 11.6 Å². The van der Waals surface area contributed by atoms with Crippen molar-refractivity contribution in [2.24, 2.45) is 15.3 Å². The minimum atomic E-state index is -0.269. The van der Waals surface area contributed by atoms with E-state index in [0.717, 1.165) is 26.2 Å². The molecular weight excluding hydrogens is 452 g/mol. The molecule has 9 heteroatoms. The van der Waals surface area contributed by atoms with Gasteiger partial charge in [0.1, 0.15) is 11.4 Å². The summed E-state index contributed by atoms with van der Waals surface area (Å²) < 4.78 is 0. The molecule has 3 aromatic rings. The van der Waals surface area contributed by atoms with Crippen molar-refractivity contribution in [3.05, 3.63) is 89.4 Å². The fraction of sp³-hybridized carbons (Fsp3) is 0.200. The largest absolute Gasteiger partial charge is 0.507 e. The van der Waals surface area contributed by atoms with Gasteiger partial charge in [-0.1, -0.05) is 54.1 Å².